The van der Waals surface area contributed by atoms with Crippen LogP contribution >= 0.6 is 0 Å². The van der Waals surface area contributed by atoms with Crippen LogP contribution < -0.4 is 0 Å². The van der Waals surface area contributed by atoms with Gasteiger partial charge >= 0.3 is 0 Å². The van der Waals surface area contributed by atoms with Gasteiger partial charge in [0.25, 0.3) is 0 Å². The molecular formula is C14H32N2. The van der Waals surface area contributed by atoms with Gasteiger partial charge in [-0.25, -0.2) is 0 Å². The van der Waals surface area contributed by atoms with Crippen molar-refractivity contribution >= 4 is 0 Å². The number of hydrogen-bond donors (Lipinski definition) is 0. The Labute approximate surface area is 103 Å². The van der Waals surface area contributed by atoms with E-state index in [1.807, 2.05) is 13.8 Å². The molecule has 2 heteroatoms. The third-order valence-corrected chi connectivity index (χ3v) is 3.36. The molecule has 0 saturated carbocycles. The molecule has 0 aliphatic carbocycles. The van der Waals surface area contributed by atoms with Crippen LogP contribution in [0.1, 0.15) is 46.5 Å². The Hall–Kier alpha value is -0.0800. The standard InChI is InChI=1S/C12H26N2.C2H6/c1-4-12-6-10-14(11-7-12)9-5-8-13(2)3;1-2/h12H,4-11H2,1-3H3;1-2H3. The maximum Gasteiger partial charge on any atom is -0.000655 e. The summed E-state index contributed by atoms with van der Waals surface area (Å²) in [5.74, 6) is 1.01. The smallest absolute Gasteiger partial charge is 0.000655 e. The molecule has 0 atom stereocenters. The summed E-state index contributed by atoms with van der Waals surface area (Å²) in [7, 11) is 4.31. The molecule has 1 aliphatic heterocycles. The Balaban J connectivity index is 0.00000106. The van der Waals surface area contributed by atoms with Crippen molar-refractivity contribution in [1.82, 2.24) is 9.80 Å². The molecule has 1 rings (SSSR count). The zero-order valence-electron chi connectivity index (χ0n) is 12.1. The first-order valence-corrected chi connectivity index (χ1v) is 7.09. The van der Waals surface area contributed by atoms with Gasteiger partial charge in [-0.3, -0.25) is 0 Å². The molecular weight excluding hydrogens is 196 g/mol. The lowest BCUT2D eigenvalue weighted by Gasteiger charge is -2.31. The Morgan fingerprint density at radius 2 is 1.69 bits per heavy atom. The van der Waals surface area contributed by atoms with E-state index in [1.165, 1.54) is 51.9 Å². The molecule has 0 aromatic carbocycles. The number of rotatable bonds is 5. The van der Waals surface area contributed by atoms with Crippen molar-refractivity contribution in [2.24, 2.45) is 5.92 Å². The van der Waals surface area contributed by atoms with Crippen molar-refractivity contribution in [3.63, 3.8) is 0 Å². The summed E-state index contributed by atoms with van der Waals surface area (Å²) in [6.45, 7) is 11.5. The fraction of sp³-hybridized carbons (Fsp3) is 1.00. The van der Waals surface area contributed by atoms with Gasteiger partial charge in [0.05, 0.1) is 0 Å². The summed E-state index contributed by atoms with van der Waals surface area (Å²) in [6, 6.07) is 0. The van der Waals surface area contributed by atoms with Crippen LogP contribution in [-0.2, 0) is 0 Å². The van der Waals surface area contributed by atoms with E-state index >= 15 is 0 Å². The Kier molecular flexibility index (Phi) is 10.0. The molecule has 0 spiro atoms. The van der Waals surface area contributed by atoms with Gasteiger partial charge in [-0.05, 0) is 65.5 Å². The van der Waals surface area contributed by atoms with Gasteiger partial charge in [0.2, 0.25) is 0 Å². The molecule has 0 radical (unpaired) electrons. The molecule has 0 N–H and O–H groups in total. The summed E-state index contributed by atoms with van der Waals surface area (Å²) >= 11 is 0. The molecule has 2 nitrogen and oxygen atoms in total. The molecule has 16 heavy (non-hydrogen) atoms. The Morgan fingerprint density at radius 1 is 1.12 bits per heavy atom. The van der Waals surface area contributed by atoms with E-state index in [4.69, 9.17) is 0 Å². The van der Waals surface area contributed by atoms with Crippen LogP contribution in [0.25, 0.3) is 0 Å². The van der Waals surface area contributed by atoms with Crippen molar-refractivity contribution in [2.45, 2.75) is 46.5 Å². The average molecular weight is 228 g/mol. The second-order valence-corrected chi connectivity index (χ2v) is 4.85. The van der Waals surface area contributed by atoms with Gasteiger partial charge in [0.15, 0.2) is 0 Å². The highest BCUT2D eigenvalue weighted by Crippen LogP contribution is 2.19. The van der Waals surface area contributed by atoms with E-state index in [0.29, 0.717) is 0 Å². The normalized spacial score (nSPS) is 18.4. The monoisotopic (exact) mass is 228 g/mol. The topological polar surface area (TPSA) is 6.48 Å². The van der Waals surface area contributed by atoms with Gasteiger partial charge in [-0.1, -0.05) is 27.2 Å². The van der Waals surface area contributed by atoms with Gasteiger partial charge in [0, 0.05) is 0 Å². The highest BCUT2D eigenvalue weighted by Gasteiger charge is 2.16. The molecule has 0 aromatic rings. The number of likely N-dealkylation sites (tertiary alicyclic amines) is 1. The van der Waals surface area contributed by atoms with Crippen molar-refractivity contribution in [1.29, 1.82) is 0 Å². The van der Waals surface area contributed by atoms with E-state index < -0.39 is 0 Å². The zero-order chi connectivity index (χ0) is 12.4. The third-order valence-electron chi connectivity index (χ3n) is 3.36. The summed E-state index contributed by atoms with van der Waals surface area (Å²) in [5.41, 5.74) is 0. The SMILES string of the molecule is CC.CCC1CCN(CCCN(C)C)CC1. The van der Waals surface area contributed by atoms with Crippen LogP contribution in [0.5, 0.6) is 0 Å². The van der Waals surface area contributed by atoms with Crippen LogP contribution in [0, 0.1) is 5.92 Å². The zero-order valence-corrected chi connectivity index (χ0v) is 12.1. The highest BCUT2D eigenvalue weighted by molar-refractivity contribution is 4.71. The fourth-order valence-electron chi connectivity index (χ4n) is 2.23. The summed E-state index contributed by atoms with van der Waals surface area (Å²) in [6.07, 6.45) is 5.56. The van der Waals surface area contributed by atoms with Crippen molar-refractivity contribution in [2.75, 3.05) is 40.3 Å². The second kappa shape index (κ2) is 10.1. The predicted octanol–water partition coefficient (Wildman–Crippen LogP) is 3.09. The second-order valence-electron chi connectivity index (χ2n) is 4.85. The van der Waals surface area contributed by atoms with E-state index in [0.717, 1.165) is 5.92 Å². The van der Waals surface area contributed by atoms with Crippen molar-refractivity contribution in [3.8, 4) is 0 Å². The lowest BCUT2D eigenvalue weighted by Crippen LogP contribution is -2.35. The van der Waals surface area contributed by atoms with Crippen LogP contribution in [0.2, 0.25) is 0 Å². The minimum atomic E-state index is 1.01. The molecule has 0 unspecified atom stereocenters. The minimum Gasteiger partial charge on any atom is -0.309 e. The van der Waals surface area contributed by atoms with Crippen LogP contribution in [0.4, 0.5) is 0 Å². The maximum atomic E-state index is 2.63. The average Bonchev–Trinajstić information content (AvgIpc) is 2.32. The van der Waals surface area contributed by atoms with Crippen LogP contribution in [0.3, 0.4) is 0 Å². The van der Waals surface area contributed by atoms with E-state index in [1.54, 1.807) is 0 Å². The molecule has 0 amide bonds. The van der Waals surface area contributed by atoms with Crippen molar-refractivity contribution < 1.29 is 0 Å². The van der Waals surface area contributed by atoms with E-state index in [9.17, 15) is 0 Å². The quantitative estimate of drug-likeness (QED) is 0.713. The first kappa shape index (κ1) is 15.9. The first-order chi connectivity index (χ1) is 7.72. The van der Waals surface area contributed by atoms with Gasteiger partial charge in [0.1, 0.15) is 0 Å². The number of nitrogens with zero attached hydrogens (tertiary/aromatic N) is 2. The van der Waals surface area contributed by atoms with Gasteiger partial charge < -0.3 is 9.80 Å². The maximum absolute atomic E-state index is 2.63. The van der Waals surface area contributed by atoms with E-state index in [2.05, 4.69) is 30.8 Å². The Morgan fingerprint density at radius 3 is 2.12 bits per heavy atom. The van der Waals surface area contributed by atoms with Gasteiger partial charge in [-0.15, -0.1) is 0 Å². The first-order valence-electron chi connectivity index (χ1n) is 7.09. The number of hydrogen-bond acceptors (Lipinski definition) is 2. The molecule has 1 saturated heterocycles. The fourth-order valence-corrected chi connectivity index (χ4v) is 2.23. The molecule has 1 fully saturated rings. The Bertz CT molecular complexity index is 138. The summed E-state index contributed by atoms with van der Waals surface area (Å²) in [4.78, 5) is 4.91. The van der Waals surface area contributed by atoms with Crippen molar-refractivity contribution in [3.05, 3.63) is 0 Å². The van der Waals surface area contributed by atoms with E-state index in [-0.39, 0.29) is 0 Å². The van der Waals surface area contributed by atoms with Crippen LogP contribution in [-0.4, -0.2) is 50.1 Å². The molecule has 0 aromatic heterocycles. The predicted molar refractivity (Wildman–Crippen MR) is 74.0 cm³/mol. The highest BCUT2D eigenvalue weighted by atomic mass is 15.1. The third kappa shape index (κ3) is 7.24. The largest absolute Gasteiger partial charge is 0.309 e. The van der Waals surface area contributed by atoms with Gasteiger partial charge in [-0.2, -0.15) is 0 Å². The molecule has 1 aliphatic rings. The molecule has 1 heterocycles. The molecule has 98 valence electrons. The summed E-state index contributed by atoms with van der Waals surface area (Å²) < 4.78 is 0. The number of piperidine rings is 1. The molecule has 0 bridgehead atoms. The lowest BCUT2D eigenvalue weighted by molar-refractivity contribution is 0.175. The summed E-state index contributed by atoms with van der Waals surface area (Å²) in [5, 5.41) is 0. The minimum absolute atomic E-state index is 1.01. The lowest BCUT2D eigenvalue weighted by atomic mass is 9.94. The van der Waals surface area contributed by atoms with Crippen LogP contribution in [0.15, 0.2) is 0 Å².